The van der Waals surface area contributed by atoms with E-state index in [1.54, 1.807) is 0 Å². The predicted molar refractivity (Wildman–Crippen MR) is 109 cm³/mol. The Labute approximate surface area is 166 Å². The molecule has 0 saturated heterocycles. The minimum Gasteiger partial charge on any atom is -0.484 e. The number of carbonyl (C=O) groups excluding carboxylic acids is 2. The van der Waals surface area contributed by atoms with Gasteiger partial charge >= 0.3 is 0 Å². The molecule has 150 valence electrons. The van der Waals surface area contributed by atoms with Crippen molar-refractivity contribution in [3.63, 3.8) is 0 Å². The maximum Gasteiger partial charge on any atom is 0.258 e. The average Bonchev–Trinajstić information content (AvgIpc) is 2.64. The third-order valence-electron chi connectivity index (χ3n) is 4.15. The number of hydrogen-bond acceptors (Lipinski definition) is 4. The van der Waals surface area contributed by atoms with Crippen molar-refractivity contribution < 1.29 is 19.1 Å². The highest BCUT2D eigenvalue weighted by Crippen LogP contribution is 2.19. The summed E-state index contributed by atoms with van der Waals surface area (Å²) in [5.74, 6) is 0.914. The monoisotopic (exact) mass is 384 g/mol. The Kier molecular flexibility index (Phi) is 7.87. The number of nitrogens with one attached hydrogen (secondary N) is 2. The first-order valence-electron chi connectivity index (χ1n) is 9.28. The van der Waals surface area contributed by atoms with Crippen LogP contribution in [0.1, 0.15) is 22.3 Å². The second-order valence-corrected chi connectivity index (χ2v) is 6.82. The third-order valence-corrected chi connectivity index (χ3v) is 4.15. The van der Waals surface area contributed by atoms with Crippen molar-refractivity contribution in [2.24, 2.45) is 0 Å². The summed E-state index contributed by atoms with van der Waals surface area (Å²) in [6.45, 7) is 8.41. The van der Waals surface area contributed by atoms with Crippen molar-refractivity contribution in [1.82, 2.24) is 10.6 Å². The summed E-state index contributed by atoms with van der Waals surface area (Å²) >= 11 is 0. The summed E-state index contributed by atoms with van der Waals surface area (Å²) < 4.78 is 11.0. The lowest BCUT2D eigenvalue weighted by molar-refractivity contribution is -0.124. The maximum atomic E-state index is 11.8. The van der Waals surface area contributed by atoms with Crippen LogP contribution in [0.2, 0.25) is 0 Å². The standard InChI is InChI=1S/C22H28N2O4/c1-15-5-7-19(17(3)11-15)27-13-21(25)23-9-10-24-22(26)14-28-20-8-6-16(2)12-18(20)4/h5-8,11-12H,9-10,13-14H2,1-4H3,(H,23,25)(H,24,26). The van der Waals surface area contributed by atoms with Crippen LogP contribution in [0.4, 0.5) is 0 Å². The van der Waals surface area contributed by atoms with Gasteiger partial charge in [-0.15, -0.1) is 0 Å². The van der Waals surface area contributed by atoms with Crippen LogP contribution in [0.3, 0.4) is 0 Å². The lowest BCUT2D eigenvalue weighted by Gasteiger charge is -2.11. The molecule has 0 unspecified atom stereocenters. The molecule has 0 fully saturated rings. The molecule has 2 aromatic rings. The Hall–Kier alpha value is -3.02. The molecule has 2 rings (SSSR count). The fraction of sp³-hybridized carbons (Fsp3) is 0.364. The van der Waals surface area contributed by atoms with Gasteiger partial charge in [0.25, 0.3) is 11.8 Å². The highest BCUT2D eigenvalue weighted by atomic mass is 16.5. The van der Waals surface area contributed by atoms with E-state index < -0.39 is 0 Å². The number of aryl methyl sites for hydroxylation is 4. The SMILES string of the molecule is Cc1ccc(OCC(=O)NCCNC(=O)COc2ccc(C)cc2C)c(C)c1. The third kappa shape index (κ3) is 6.95. The second-order valence-electron chi connectivity index (χ2n) is 6.82. The molecule has 0 aromatic heterocycles. The normalized spacial score (nSPS) is 10.3. The van der Waals surface area contributed by atoms with Crippen molar-refractivity contribution in [3.8, 4) is 11.5 Å². The van der Waals surface area contributed by atoms with Gasteiger partial charge in [0.15, 0.2) is 13.2 Å². The molecule has 6 heteroatoms. The number of amides is 2. The van der Waals surface area contributed by atoms with Gasteiger partial charge in [-0.1, -0.05) is 35.4 Å². The van der Waals surface area contributed by atoms with Crippen LogP contribution in [0.25, 0.3) is 0 Å². The summed E-state index contributed by atoms with van der Waals surface area (Å²) in [6.07, 6.45) is 0. The largest absolute Gasteiger partial charge is 0.484 e. The Bertz CT molecular complexity index is 764. The van der Waals surface area contributed by atoms with Gasteiger partial charge in [-0.2, -0.15) is 0 Å². The highest BCUT2D eigenvalue weighted by Gasteiger charge is 2.07. The molecule has 28 heavy (non-hydrogen) atoms. The van der Waals surface area contributed by atoms with E-state index in [9.17, 15) is 9.59 Å². The summed E-state index contributed by atoms with van der Waals surface area (Å²) in [4.78, 5) is 23.7. The maximum absolute atomic E-state index is 11.8. The zero-order valence-corrected chi connectivity index (χ0v) is 16.9. The first-order chi connectivity index (χ1) is 13.3. The molecule has 0 aliphatic carbocycles. The Morgan fingerprint density at radius 3 is 1.46 bits per heavy atom. The van der Waals surface area contributed by atoms with Gasteiger partial charge in [-0.3, -0.25) is 9.59 Å². The van der Waals surface area contributed by atoms with Crippen LogP contribution in [0.15, 0.2) is 36.4 Å². The van der Waals surface area contributed by atoms with E-state index in [0.717, 1.165) is 22.3 Å². The molecule has 0 radical (unpaired) electrons. The topological polar surface area (TPSA) is 76.7 Å². The van der Waals surface area contributed by atoms with E-state index in [1.807, 2.05) is 64.1 Å². The number of rotatable bonds is 9. The van der Waals surface area contributed by atoms with E-state index in [-0.39, 0.29) is 25.0 Å². The fourth-order valence-corrected chi connectivity index (χ4v) is 2.72. The molecule has 2 amide bonds. The Balaban J connectivity index is 1.61. The summed E-state index contributed by atoms with van der Waals surface area (Å²) in [5, 5.41) is 5.42. The predicted octanol–water partition coefficient (Wildman–Crippen LogP) is 2.61. The highest BCUT2D eigenvalue weighted by molar-refractivity contribution is 5.78. The minimum atomic E-state index is -0.235. The second kappa shape index (κ2) is 10.3. The lowest BCUT2D eigenvalue weighted by atomic mass is 10.1. The molecule has 0 aliphatic heterocycles. The van der Waals surface area contributed by atoms with Crippen LogP contribution in [-0.2, 0) is 9.59 Å². The smallest absolute Gasteiger partial charge is 0.258 e. The Morgan fingerprint density at radius 2 is 1.11 bits per heavy atom. The minimum absolute atomic E-state index is 0.0618. The Morgan fingerprint density at radius 1 is 0.714 bits per heavy atom. The molecular weight excluding hydrogens is 356 g/mol. The van der Waals surface area contributed by atoms with Crippen LogP contribution < -0.4 is 20.1 Å². The van der Waals surface area contributed by atoms with Crippen molar-refractivity contribution in [1.29, 1.82) is 0 Å². The molecule has 0 saturated carbocycles. The van der Waals surface area contributed by atoms with Crippen molar-refractivity contribution in [2.75, 3.05) is 26.3 Å². The molecule has 0 atom stereocenters. The summed E-state index contributed by atoms with van der Waals surface area (Å²) in [5.41, 5.74) is 4.27. The quantitative estimate of drug-likeness (QED) is 0.652. The molecular formula is C22H28N2O4. The number of hydrogen-bond donors (Lipinski definition) is 2. The molecule has 6 nitrogen and oxygen atoms in total. The van der Waals surface area contributed by atoms with E-state index in [2.05, 4.69) is 10.6 Å². The molecule has 0 aliphatic rings. The van der Waals surface area contributed by atoms with Gasteiger partial charge < -0.3 is 20.1 Å². The molecule has 0 heterocycles. The van der Waals surface area contributed by atoms with E-state index in [1.165, 1.54) is 0 Å². The average molecular weight is 384 g/mol. The van der Waals surface area contributed by atoms with Gasteiger partial charge in [0.05, 0.1) is 0 Å². The van der Waals surface area contributed by atoms with E-state index in [4.69, 9.17) is 9.47 Å². The van der Waals surface area contributed by atoms with Crippen molar-refractivity contribution in [2.45, 2.75) is 27.7 Å². The lowest BCUT2D eigenvalue weighted by Crippen LogP contribution is -2.38. The zero-order chi connectivity index (χ0) is 20.5. The first-order valence-corrected chi connectivity index (χ1v) is 9.28. The number of carbonyl (C=O) groups is 2. The van der Waals surface area contributed by atoms with Crippen molar-refractivity contribution >= 4 is 11.8 Å². The first kappa shape index (κ1) is 21.3. The van der Waals surface area contributed by atoms with E-state index in [0.29, 0.717) is 24.6 Å². The van der Waals surface area contributed by atoms with Crippen molar-refractivity contribution in [3.05, 3.63) is 58.7 Å². The molecule has 0 bridgehead atoms. The summed E-state index contributed by atoms with van der Waals surface area (Å²) in [7, 11) is 0. The number of ether oxygens (including phenoxy) is 2. The van der Waals surface area contributed by atoms with Crippen LogP contribution in [0, 0.1) is 27.7 Å². The summed E-state index contributed by atoms with van der Waals surface area (Å²) in [6, 6.07) is 11.6. The molecule has 0 spiro atoms. The van der Waals surface area contributed by atoms with Crippen LogP contribution in [0.5, 0.6) is 11.5 Å². The van der Waals surface area contributed by atoms with Gasteiger partial charge in [0.1, 0.15) is 11.5 Å². The van der Waals surface area contributed by atoms with Crippen LogP contribution in [-0.4, -0.2) is 38.1 Å². The van der Waals surface area contributed by atoms with Gasteiger partial charge in [0, 0.05) is 13.1 Å². The molecule has 2 aromatic carbocycles. The fourth-order valence-electron chi connectivity index (χ4n) is 2.72. The van der Waals surface area contributed by atoms with Gasteiger partial charge in [-0.25, -0.2) is 0 Å². The molecule has 2 N–H and O–H groups in total. The number of benzene rings is 2. The van der Waals surface area contributed by atoms with Gasteiger partial charge in [0.2, 0.25) is 0 Å². The zero-order valence-electron chi connectivity index (χ0n) is 16.9. The van der Waals surface area contributed by atoms with Gasteiger partial charge in [-0.05, 0) is 51.0 Å². The van der Waals surface area contributed by atoms with E-state index >= 15 is 0 Å². The van der Waals surface area contributed by atoms with Crippen LogP contribution >= 0.6 is 0 Å².